The Hall–Kier alpha value is -3.98. The van der Waals surface area contributed by atoms with Crippen LogP contribution >= 0.6 is 0 Å². The molecule has 1 fully saturated rings. The Kier molecular flexibility index (Phi) is 7.03. The molecule has 0 atom stereocenters. The third kappa shape index (κ3) is 4.84. The van der Waals surface area contributed by atoms with Crippen LogP contribution < -0.4 is 15.1 Å². The van der Waals surface area contributed by atoms with Gasteiger partial charge in [0.1, 0.15) is 5.82 Å². The van der Waals surface area contributed by atoms with E-state index in [1.54, 1.807) is 47.4 Å². The third-order valence-corrected chi connectivity index (χ3v) is 5.63. The molecule has 1 aromatic carbocycles. The maximum Gasteiger partial charge on any atom is 0.259 e. The summed E-state index contributed by atoms with van der Waals surface area (Å²) in [7, 11) is 0. The Morgan fingerprint density at radius 1 is 1.15 bits per heavy atom. The molecule has 34 heavy (non-hydrogen) atoms. The Labute approximate surface area is 198 Å². The van der Waals surface area contributed by atoms with Crippen LogP contribution in [0.3, 0.4) is 0 Å². The first-order valence-corrected chi connectivity index (χ1v) is 11.1. The smallest absolute Gasteiger partial charge is 0.259 e. The van der Waals surface area contributed by atoms with Gasteiger partial charge in [-0.15, -0.1) is 0 Å². The normalized spacial score (nSPS) is 16.0. The number of nitrogens with zero attached hydrogens (tertiary/aromatic N) is 4. The number of aliphatic hydroxyl groups is 1. The van der Waals surface area contributed by atoms with E-state index >= 15 is 0 Å². The molecule has 9 nitrogen and oxygen atoms in total. The number of morpholine rings is 1. The molecular formula is C25H27N5O4. The molecule has 9 heteroatoms. The van der Waals surface area contributed by atoms with Crippen molar-refractivity contribution in [3.05, 3.63) is 72.2 Å². The molecule has 4 rings (SSSR count). The Balaban J connectivity index is 1.74. The first kappa shape index (κ1) is 23.2. The van der Waals surface area contributed by atoms with Gasteiger partial charge in [0.2, 0.25) is 11.9 Å². The van der Waals surface area contributed by atoms with Crippen LogP contribution in [0.15, 0.2) is 55.3 Å². The van der Waals surface area contributed by atoms with E-state index in [4.69, 9.17) is 14.7 Å². The molecule has 0 bridgehead atoms. The lowest BCUT2D eigenvalue weighted by Crippen LogP contribution is -2.38. The number of amides is 2. The maximum atomic E-state index is 13.4. The van der Waals surface area contributed by atoms with E-state index in [2.05, 4.69) is 11.9 Å². The summed E-state index contributed by atoms with van der Waals surface area (Å²) in [4.78, 5) is 38.0. The molecule has 0 saturated carbocycles. The van der Waals surface area contributed by atoms with Gasteiger partial charge in [-0.2, -0.15) is 4.98 Å². The predicted octanol–water partition coefficient (Wildman–Crippen LogP) is 3.12. The highest BCUT2D eigenvalue weighted by molar-refractivity contribution is 6.07. The lowest BCUT2D eigenvalue weighted by atomic mass is 10.1. The number of ether oxygens (including phenoxy) is 1. The van der Waals surface area contributed by atoms with Crippen LogP contribution in [-0.2, 0) is 16.0 Å². The fraction of sp³-hybridized carbons (Fsp3) is 0.280. The average Bonchev–Trinajstić information content (AvgIpc) is 3.28. The van der Waals surface area contributed by atoms with Crippen molar-refractivity contribution in [3.63, 3.8) is 0 Å². The minimum absolute atomic E-state index is 0.173. The van der Waals surface area contributed by atoms with Crippen molar-refractivity contribution in [2.75, 3.05) is 48.0 Å². The predicted molar refractivity (Wildman–Crippen MR) is 131 cm³/mol. The van der Waals surface area contributed by atoms with E-state index in [9.17, 15) is 14.7 Å². The molecule has 2 N–H and O–H groups in total. The summed E-state index contributed by atoms with van der Waals surface area (Å²) in [6.07, 6.45) is 6.50. The summed E-state index contributed by atoms with van der Waals surface area (Å²) in [6, 6.07) is 6.78. The maximum absolute atomic E-state index is 13.4. The molecule has 2 aromatic rings. The zero-order valence-electron chi connectivity index (χ0n) is 19.0. The summed E-state index contributed by atoms with van der Waals surface area (Å²) < 4.78 is 5.46. The number of hydrogen-bond donors (Lipinski definition) is 2. The second-order valence-corrected chi connectivity index (χ2v) is 7.91. The van der Waals surface area contributed by atoms with Crippen LogP contribution in [-0.4, -0.2) is 59.7 Å². The van der Waals surface area contributed by atoms with Crippen molar-refractivity contribution in [3.8, 4) is 0 Å². The zero-order valence-corrected chi connectivity index (χ0v) is 19.0. The van der Waals surface area contributed by atoms with Gasteiger partial charge in [0.15, 0.2) is 0 Å². The number of aromatic nitrogens is 2. The quantitative estimate of drug-likeness (QED) is 0.503. The molecule has 2 aliphatic heterocycles. The number of anilines is 3. The number of allylic oxidation sites excluding steroid dienone is 4. The van der Waals surface area contributed by atoms with E-state index < -0.39 is 0 Å². The third-order valence-electron chi connectivity index (χ3n) is 5.63. The van der Waals surface area contributed by atoms with Gasteiger partial charge in [-0.05, 0) is 36.8 Å². The minimum atomic E-state index is -0.183. The minimum Gasteiger partial charge on any atom is -0.516 e. The molecular weight excluding hydrogens is 434 g/mol. The van der Waals surface area contributed by atoms with E-state index in [0.29, 0.717) is 73.6 Å². The molecule has 3 heterocycles. The number of nitrogens with one attached hydrogen (secondary N) is 1. The Morgan fingerprint density at radius 2 is 1.88 bits per heavy atom. The first-order chi connectivity index (χ1) is 16.5. The van der Waals surface area contributed by atoms with Crippen LogP contribution in [0.5, 0.6) is 0 Å². The molecule has 0 aliphatic carbocycles. The summed E-state index contributed by atoms with van der Waals surface area (Å²) >= 11 is 0. The number of fused-ring (bicyclic) bond motifs is 1. The fourth-order valence-corrected chi connectivity index (χ4v) is 4.06. The second-order valence-electron chi connectivity index (χ2n) is 7.91. The zero-order chi connectivity index (χ0) is 24.1. The van der Waals surface area contributed by atoms with E-state index in [1.165, 1.54) is 6.92 Å². The second kappa shape index (κ2) is 10.3. The van der Waals surface area contributed by atoms with Gasteiger partial charge >= 0.3 is 0 Å². The summed E-state index contributed by atoms with van der Waals surface area (Å²) in [5, 5.41) is 12.1. The number of aliphatic hydroxyl groups excluding tert-OH is 1. The fourth-order valence-electron chi connectivity index (χ4n) is 4.06. The van der Waals surface area contributed by atoms with Crippen molar-refractivity contribution in [1.82, 2.24) is 9.97 Å². The monoisotopic (exact) mass is 461 g/mol. The van der Waals surface area contributed by atoms with Crippen LogP contribution in [0.4, 0.5) is 17.5 Å². The number of rotatable bonds is 6. The van der Waals surface area contributed by atoms with Crippen molar-refractivity contribution in [2.45, 2.75) is 13.3 Å². The average molecular weight is 462 g/mol. The highest BCUT2D eigenvalue weighted by Gasteiger charge is 2.32. The highest BCUT2D eigenvalue weighted by Crippen LogP contribution is 2.35. The molecule has 2 aliphatic rings. The van der Waals surface area contributed by atoms with Crippen molar-refractivity contribution < 1.29 is 19.4 Å². The number of benzene rings is 1. The Morgan fingerprint density at radius 3 is 2.53 bits per heavy atom. The van der Waals surface area contributed by atoms with Gasteiger partial charge in [-0.25, -0.2) is 4.98 Å². The van der Waals surface area contributed by atoms with Gasteiger partial charge in [0.25, 0.3) is 5.91 Å². The van der Waals surface area contributed by atoms with Crippen LogP contribution in [0.2, 0.25) is 0 Å². The van der Waals surface area contributed by atoms with Crippen LogP contribution in [0, 0.1) is 0 Å². The SMILES string of the molecule is C=C/C=C(\C=C\O)c1nc(N2CCOCC2)nc2c1CCN2C(=O)c1ccc(NC(C)=O)cc1. The molecule has 0 unspecified atom stereocenters. The van der Waals surface area contributed by atoms with Gasteiger partial charge in [0.05, 0.1) is 25.2 Å². The molecule has 2 amide bonds. The van der Waals surface area contributed by atoms with E-state index in [-0.39, 0.29) is 11.8 Å². The van der Waals surface area contributed by atoms with Gasteiger partial charge < -0.3 is 20.1 Å². The van der Waals surface area contributed by atoms with E-state index in [1.807, 2.05) is 4.90 Å². The number of carbonyl (C=O) groups is 2. The largest absolute Gasteiger partial charge is 0.516 e. The Bertz CT molecular complexity index is 1150. The lowest BCUT2D eigenvalue weighted by Gasteiger charge is -2.28. The van der Waals surface area contributed by atoms with Crippen molar-refractivity contribution >= 4 is 34.8 Å². The standard InChI is InChI=1S/C25H27N5O4/c1-3-4-18(10-14-31)22-21-9-11-30(23(21)28-25(27-22)29-12-15-34-16-13-29)24(33)19-5-7-20(8-6-19)26-17(2)32/h3-8,10,14,31H,1,9,11-13,15-16H2,2H3,(H,26,32)/b14-10+,18-4+. The molecule has 1 saturated heterocycles. The topological polar surface area (TPSA) is 108 Å². The van der Waals surface area contributed by atoms with Gasteiger partial charge in [-0.1, -0.05) is 18.7 Å². The number of hydrogen-bond acceptors (Lipinski definition) is 7. The summed E-state index contributed by atoms with van der Waals surface area (Å²) in [5.41, 5.74) is 3.30. The molecule has 176 valence electrons. The van der Waals surface area contributed by atoms with Crippen molar-refractivity contribution in [1.29, 1.82) is 0 Å². The van der Waals surface area contributed by atoms with Gasteiger partial charge in [-0.3, -0.25) is 14.5 Å². The molecule has 1 aromatic heterocycles. The van der Waals surface area contributed by atoms with Crippen LogP contribution in [0.1, 0.15) is 28.5 Å². The van der Waals surface area contributed by atoms with Crippen molar-refractivity contribution in [2.24, 2.45) is 0 Å². The first-order valence-electron chi connectivity index (χ1n) is 11.1. The summed E-state index contributed by atoms with van der Waals surface area (Å²) in [6.45, 7) is 8.10. The summed E-state index contributed by atoms with van der Waals surface area (Å²) in [5.74, 6) is 0.716. The number of carbonyl (C=O) groups excluding carboxylic acids is 2. The lowest BCUT2D eigenvalue weighted by molar-refractivity contribution is -0.114. The molecule has 0 spiro atoms. The van der Waals surface area contributed by atoms with Gasteiger partial charge in [0, 0.05) is 48.9 Å². The van der Waals surface area contributed by atoms with Crippen LogP contribution in [0.25, 0.3) is 5.57 Å². The highest BCUT2D eigenvalue weighted by atomic mass is 16.5. The molecule has 0 radical (unpaired) electrons. The van der Waals surface area contributed by atoms with E-state index in [0.717, 1.165) is 11.8 Å².